The number of thiazole rings is 1. The lowest BCUT2D eigenvalue weighted by atomic mass is 10.0. The van der Waals surface area contributed by atoms with Gasteiger partial charge in [-0.05, 0) is 45.0 Å². The highest BCUT2D eigenvalue weighted by Crippen LogP contribution is 2.25. The van der Waals surface area contributed by atoms with Crippen molar-refractivity contribution in [1.82, 2.24) is 15.2 Å². The topological polar surface area (TPSA) is 45.2 Å². The Labute approximate surface area is 135 Å². The monoisotopic (exact) mass is 315 g/mol. The molecule has 2 heterocycles. The van der Waals surface area contributed by atoms with E-state index in [1.807, 2.05) is 48.5 Å². The molecule has 0 aliphatic carbocycles. The van der Waals surface area contributed by atoms with Gasteiger partial charge in [0.1, 0.15) is 5.01 Å². The van der Waals surface area contributed by atoms with Gasteiger partial charge < -0.3 is 10.2 Å². The first kappa shape index (κ1) is 15.2. The number of piperidine rings is 1. The molecular formula is C17H21N3OS. The summed E-state index contributed by atoms with van der Waals surface area (Å²) in [6, 6.07) is 8.14. The van der Waals surface area contributed by atoms with E-state index in [0.29, 0.717) is 6.04 Å². The third kappa shape index (κ3) is 3.20. The highest BCUT2D eigenvalue weighted by atomic mass is 32.1. The number of amides is 1. The summed E-state index contributed by atoms with van der Waals surface area (Å²) in [7, 11) is 1.92. The molecule has 1 N–H and O–H groups in total. The third-order valence-corrected chi connectivity index (χ3v) is 5.16. The standard InChI is InChI=1S/C17H21N3OS/c1-12-11-22-16(19-12)13-4-3-5-14(10-13)17(21)20(2)15-6-8-18-9-7-15/h3-5,10-11,15,18H,6-9H2,1-2H3. The minimum Gasteiger partial charge on any atom is -0.339 e. The summed E-state index contributed by atoms with van der Waals surface area (Å²) >= 11 is 1.62. The van der Waals surface area contributed by atoms with Crippen molar-refractivity contribution in [2.24, 2.45) is 0 Å². The van der Waals surface area contributed by atoms with Crippen LogP contribution in [-0.2, 0) is 0 Å². The van der Waals surface area contributed by atoms with Crippen molar-refractivity contribution in [3.63, 3.8) is 0 Å². The van der Waals surface area contributed by atoms with Gasteiger partial charge >= 0.3 is 0 Å². The number of hydrogen-bond acceptors (Lipinski definition) is 4. The average molecular weight is 315 g/mol. The van der Waals surface area contributed by atoms with E-state index in [9.17, 15) is 4.79 Å². The van der Waals surface area contributed by atoms with Gasteiger partial charge in [0.05, 0.1) is 0 Å². The van der Waals surface area contributed by atoms with Crippen molar-refractivity contribution in [3.05, 3.63) is 40.9 Å². The Bertz CT molecular complexity index is 661. The second kappa shape index (κ2) is 6.58. The molecule has 0 spiro atoms. The lowest BCUT2D eigenvalue weighted by Crippen LogP contribution is -2.43. The minimum atomic E-state index is 0.0991. The van der Waals surface area contributed by atoms with Crippen LogP contribution in [0.5, 0.6) is 0 Å². The number of nitrogens with one attached hydrogen (secondary N) is 1. The van der Waals surface area contributed by atoms with Crippen molar-refractivity contribution in [2.75, 3.05) is 20.1 Å². The van der Waals surface area contributed by atoms with Gasteiger partial charge in [0.25, 0.3) is 5.91 Å². The zero-order valence-electron chi connectivity index (χ0n) is 13.0. The summed E-state index contributed by atoms with van der Waals surface area (Å²) < 4.78 is 0. The van der Waals surface area contributed by atoms with Gasteiger partial charge in [-0.3, -0.25) is 4.79 Å². The minimum absolute atomic E-state index is 0.0991. The first-order chi connectivity index (χ1) is 10.6. The Hall–Kier alpha value is -1.72. The molecule has 0 radical (unpaired) electrons. The van der Waals surface area contributed by atoms with Gasteiger partial charge in [0, 0.05) is 35.3 Å². The van der Waals surface area contributed by atoms with E-state index in [4.69, 9.17) is 0 Å². The number of carbonyl (C=O) groups excluding carboxylic acids is 1. The third-order valence-electron chi connectivity index (χ3n) is 4.15. The van der Waals surface area contributed by atoms with Crippen LogP contribution in [0.4, 0.5) is 0 Å². The molecule has 4 nitrogen and oxygen atoms in total. The molecule has 22 heavy (non-hydrogen) atoms. The molecule has 5 heteroatoms. The van der Waals surface area contributed by atoms with E-state index < -0.39 is 0 Å². The molecule has 2 aromatic rings. The predicted octanol–water partition coefficient (Wildman–Crippen LogP) is 2.94. The second-order valence-corrected chi connectivity index (χ2v) is 6.63. The summed E-state index contributed by atoms with van der Waals surface area (Å²) in [5.74, 6) is 0.0991. The first-order valence-corrected chi connectivity index (χ1v) is 8.53. The van der Waals surface area contributed by atoms with Gasteiger partial charge in [-0.1, -0.05) is 12.1 Å². The van der Waals surface area contributed by atoms with Crippen LogP contribution in [0.3, 0.4) is 0 Å². The summed E-state index contributed by atoms with van der Waals surface area (Å²) in [5.41, 5.74) is 2.78. The normalized spacial score (nSPS) is 15.7. The molecule has 0 unspecified atom stereocenters. The van der Waals surface area contributed by atoms with Crippen LogP contribution >= 0.6 is 11.3 Å². The smallest absolute Gasteiger partial charge is 0.253 e. The van der Waals surface area contributed by atoms with Crippen LogP contribution in [-0.4, -0.2) is 42.0 Å². The van der Waals surface area contributed by atoms with Crippen LogP contribution in [0, 0.1) is 6.92 Å². The molecule has 3 rings (SSSR count). The molecule has 0 saturated carbocycles. The van der Waals surface area contributed by atoms with E-state index in [2.05, 4.69) is 10.3 Å². The Balaban J connectivity index is 1.80. The van der Waals surface area contributed by atoms with Crippen molar-refractivity contribution < 1.29 is 4.79 Å². The van der Waals surface area contributed by atoms with Crippen molar-refractivity contribution in [3.8, 4) is 10.6 Å². The van der Waals surface area contributed by atoms with E-state index in [1.165, 1.54) is 0 Å². The van der Waals surface area contributed by atoms with Crippen LogP contribution < -0.4 is 5.32 Å². The van der Waals surface area contributed by atoms with Crippen LogP contribution in [0.2, 0.25) is 0 Å². The Morgan fingerprint density at radius 1 is 1.36 bits per heavy atom. The molecule has 1 saturated heterocycles. The van der Waals surface area contributed by atoms with Crippen molar-refractivity contribution in [1.29, 1.82) is 0 Å². The zero-order chi connectivity index (χ0) is 15.5. The van der Waals surface area contributed by atoms with E-state index in [1.54, 1.807) is 11.3 Å². The maximum Gasteiger partial charge on any atom is 0.253 e. The zero-order valence-corrected chi connectivity index (χ0v) is 13.8. The molecule has 116 valence electrons. The predicted molar refractivity (Wildman–Crippen MR) is 90.3 cm³/mol. The highest BCUT2D eigenvalue weighted by molar-refractivity contribution is 7.13. The number of benzene rings is 1. The molecule has 1 aliphatic heterocycles. The average Bonchev–Trinajstić information content (AvgIpc) is 3.01. The van der Waals surface area contributed by atoms with Crippen LogP contribution in [0.1, 0.15) is 28.9 Å². The summed E-state index contributed by atoms with van der Waals surface area (Å²) in [5, 5.41) is 6.34. The lowest BCUT2D eigenvalue weighted by Gasteiger charge is -2.31. The van der Waals surface area contributed by atoms with E-state index in [0.717, 1.165) is 47.8 Å². The molecular weight excluding hydrogens is 294 g/mol. The number of carbonyl (C=O) groups is 1. The fourth-order valence-corrected chi connectivity index (χ4v) is 3.63. The SMILES string of the molecule is Cc1csc(-c2cccc(C(=O)N(C)C3CCNCC3)c2)n1. The number of aromatic nitrogens is 1. The Morgan fingerprint density at radius 3 is 2.82 bits per heavy atom. The maximum absolute atomic E-state index is 12.7. The molecule has 1 aromatic heterocycles. The van der Waals surface area contributed by atoms with Crippen molar-refractivity contribution in [2.45, 2.75) is 25.8 Å². The number of rotatable bonds is 3. The quantitative estimate of drug-likeness (QED) is 0.947. The van der Waals surface area contributed by atoms with Crippen LogP contribution in [0.25, 0.3) is 10.6 Å². The summed E-state index contributed by atoms with van der Waals surface area (Å²) in [6.07, 6.45) is 2.04. The Kier molecular flexibility index (Phi) is 4.55. The molecule has 0 bridgehead atoms. The summed E-state index contributed by atoms with van der Waals surface area (Å²) in [6.45, 7) is 3.96. The second-order valence-electron chi connectivity index (χ2n) is 5.77. The first-order valence-electron chi connectivity index (χ1n) is 7.65. The largest absolute Gasteiger partial charge is 0.339 e. The molecule has 1 fully saturated rings. The molecule has 1 amide bonds. The number of aryl methyl sites for hydroxylation is 1. The number of hydrogen-bond donors (Lipinski definition) is 1. The fraction of sp³-hybridized carbons (Fsp3) is 0.412. The van der Waals surface area contributed by atoms with Gasteiger partial charge in [-0.15, -0.1) is 11.3 Å². The summed E-state index contributed by atoms with van der Waals surface area (Å²) in [4.78, 5) is 19.1. The highest BCUT2D eigenvalue weighted by Gasteiger charge is 2.23. The fourth-order valence-electron chi connectivity index (χ4n) is 2.84. The lowest BCUT2D eigenvalue weighted by molar-refractivity contribution is 0.0703. The molecule has 1 aromatic carbocycles. The molecule has 0 atom stereocenters. The Morgan fingerprint density at radius 2 is 2.14 bits per heavy atom. The van der Waals surface area contributed by atoms with Gasteiger partial charge in [0.2, 0.25) is 0 Å². The van der Waals surface area contributed by atoms with E-state index in [-0.39, 0.29) is 5.91 Å². The molecule has 1 aliphatic rings. The van der Waals surface area contributed by atoms with Crippen molar-refractivity contribution >= 4 is 17.2 Å². The van der Waals surface area contributed by atoms with E-state index >= 15 is 0 Å². The van der Waals surface area contributed by atoms with Gasteiger partial charge in [-0.2, -0.15) is 0 Å². The van der Waals surface area contributed by atoms with Crippen LogP contribution in [0.15, 0.2) is 29.6 Å². The van der Waals surface area contributed by atoms with Gasteiger partial charge in [-0.25, -0.2) is 4.98 Å². The van der Waals surface area contributed by atoms with Gasteiger partial charge in [0.15, 0.2) is 0 Å². The number of nitrogens with zero attached hydrogens (tertiary/aromatic N) is 2. The maximum atomic E-state index is 12.7.